The number of benzene rings is 1. The molecule has 98 valence electrons. The van der Waals surface area contributed by atoms with Gasteiger partial charge in [0, 0.05) is 17.4 Å². The molecule has 0 aliphatic heterocycles. The van der Waals surface area contributed by atoms with Crippen LogP contribution in [0.25, 0.3) is 0 Å². The van der Waals surface area contributed by atoms with Crippen LogP contribution in [0.4, 0.5) is 11.4 Å². The molecule has 5 nitrogen and oxygen atoms in total. The Balaban J connectivity index is 2.21. The molecule has 1 aliphatic carbocycles. The number of hydrogen-bond acceptors (Lipinski definition) is 5. The molecule has 0 atom stereocenters. The fraction of sp³-hybridized carbons (Fsp3) is 0.462. The topological polar surface area (TPSA) is 84.6 Å². The lowest BCUT2D eigenvalue weighted by molar-refractivity contribution is 0.0601. The average Bonchev–Trinajstić information content (AvgIpc) is 2.30. The van der Waals surface area contributed by atoms with Crippen molar-refractivity contribution in [1.82, 2.24) is 0 Å². The summed E-state index contributed by atoms with van der Waals surface area (Å²) in [7, 11) is 1.33. The van der Waals surface area contributed by atoms with Gasteiger partial charge in [0.05, 0.1) is 18.8 Å². The fourth-order valence-electron chi connectivity index (χ4n) is 2.10. The molecule has 1 aromatic carbocycles. The summed E-state index contributed by atoms with van der Waals surface area (Å²) in [5, 5.41) is 12.5. The summed E-state index contributed by atoms with van der Waals surface area (Å²) in [6.45, 7) is 1.85. The lowest BCUT2D eigenvalue weighted by Crippen LogP contribution is -2.39. The van der Waals surface area contributed by atoms with Gasteiger partial charge in [-0.2, -0.15) is 0 Å². The molecule has 0 unspecified atom stereocenters. The van der Waals surface area contributed by atoms with Crippen LogP contribution in [-0.4, -0.2) is 30.3 Å². The molecule has 5 heteroatoms. The number of rotatable bonds is 3. The third kappa shape index (κ3) is 2.41. The molecular formula is C13H18N2O3. The molecule has 2 rings (SSSR count). The van der Waals surface area contributed by atoms with Crippen molar-refractivity contribution in [1.29, 1.82) is 0 Å². The van der Waals surface area contributed by atoms with E-state index in [-0.39, 0.29) is 12.1 Å². The summed E-state index contributed by atoms with van der Waals surface area (Å²) in [4.78, 5) is 11.6. The Morgan fingerprint density at radius 3 is 2.72 bits per heavy atom. The second-order valence-corrected chi connectivity index (χ2v) is 4.71. The molecule has 0 saturated heterocycles. The van der Waals surface area contributed by atoms with Gasteiger partial charge in [-0.1, -0.05) is 0 Å². The standard InChI is InChI=1S/C13H18N2O3/c1-7-3-8(15-9-4-10(16)5-9)6-11(12(7)14)13(17)18-2/h3,6,9-10,15-16H,4-5,14H2,1-2H3. The van der Waals surface area contributed by atoms with Gasteiger partial charge in [-0.3, -0.25) is 0 Å². The van der Waals surface area contributed by atoms with Crippen molar-refractivity contribution in [3.05, 3.63) is 23.3 Å². The number of carbonyl (C=O) groups excluding carboxylic acids is 1. The third-order valence-electron chi connectivity index (χ3n) is 3.28. The lowest BCUT2D eigenvalue weighted by Gasteiger charge is -2.33. The fourth-order valence-corrected chi connectivity index (χ4v) is 2.10. The maximum absolute atomic E-state index is 11.6. The zero-order valence-corrected chi connectivity index (χ0v) is 10.6. The van der Waals surface area contributed by atoms with Gasteiger partial charge in [-0.15, -0.1) is 0 Å². The van der Waals surface area contributed by atoms with Crippen LogP contribution < -0.4 is 11.1 Å². The number of ether oxygens (including phenoxy) is 1. The van der Waals surface area contributed by atoms with E-state index < -0.39 is 5.97 Å². The van der Waals surface area contributed by atoms with Crippen molar-refractivity contribution in [3.63, 3.8) is 0 Å². The van der Waals surface area contributed by atoms with Crippen LogP contribution in [0.1, 0.15) is 28.8 Å². The predicted octanol–water partition coefficient (Wildman–Crippen LogP) is 1.30. The van der Waals surface area contributed by atoms with Crippen LogP contribution in [0.15, 0.2) is 12.1 Å². The van der Waals surface area contributed by atoms with Gasteiger partial charge in [0.15, 0.2) is 0 Å². The molecule has 1 saturated carbocycles. The van der Waals surface area contributed by atoms with Crippen molar-refractivity contribution in [2.24, 2.45) is 0 Å². The third-order valence-corrected chi connectivity index (χ3v) is 3.28. The smallest absolute Gasteiger partial charge is 0.340 e. The van der Waals surface area contributed by atoms with Crippen LogP contribution in [-0.2, 0) is 4.74 Å². The molecule has 0 aromatic heterocycles. The number of aryl methyl sites for hydroxylation is 1. The maximum atomic E-state index is 11.6. The number of nitrogen functional groups attached to an aromatic ring is 1. The first kappa shape index (κ1) is 12.7. The quantitative estimate of drug-likeness (QED) is 0.556. The Morgan fingerprint density at radius 2 is 2.17 bits per heavy atom. The number of hydrogen-bond donors (Lipinski definition) is 3. The average molecular weight is 250 g/mol. The Hall–Kier alpha value is -1.75. The first-order chi connectivity index (χ1) is 8.51. The van der Waals surface area contributed by atoms with Crippen molar-refractivity contribution >= 4 is 17.3 Å². The summed E-state index contributed by atoms with van der Waals surface area (Å²) in [5.74, 6) is -0.437. The minimum Gasteiger partial charge on any atom is -0.465 e. The van der Waals surface area contributed by atoms with Crippen LogP contribution in [0.2, 0.25) is 0 Å². The van der Waals surface area contributed by atoms with E-state index in [0.29, 0.717) is 11.3 Å². The number of nitrogens with one attached hydrogen (secondary N) is 1. The number of carbonyl (C=O) groups is 1. The maximum Gasteiger partial charge on any atom is 0.340 e. The zero-order valence-electron chi connectivity index (χ0n) is 10.6. The van der Waals surface area contributed by atoms with Crippen LogP contribution >= 0.6 is 0 Å². The summed E-state index contributed by atoms with van der Waals surface area (Å²) in [5.41, 5.74) is 8.34. The molecule has 18 heavy (non-hydrogen) atoms. The Labute approximate surface area is 106 Å². The van der Waals surface area contributed by atoms with Gasteiger partial charge >= 0.3 is 5.97 Å². The van der Waals surface area contributed by atoms with Gasteiger partial charge in [0.25, 0.3) is 0 Å². The largest absolute Gasteiger partial charge is 0.465 e. The molecule has 4 N–H and O–H groups in total. The molecule has 0 heterocycles. The van der Waals surface area contributed by atoms with E-state index in [9.17, 15) is 9.90 Å². The highest BCUT2D eigenvalue weighted by molar-refractivity contribution is 5.97. The Morgan fingerprint density at radius 1 is 1.50 bits per heavy atom. The highest BCUT2D eigenvalue weighted by Crippen LogP contribution is 2.28. The Bertz CT molecular complexity index is 468. The van der Waals surface area contributed by atoms with Gasteiger partial charge in [0.2, 0.25) is 0 Å². The predicted molar refractivity (Wildman–Crippen MR) is 69.6 cm³/mol. The first-order valence-corrected chi connectivity index (χ1v) is 5.94. The van der Waals surface area contributed by atoms with Crippen molar-refractivity contribution in [2.75, 3.05) is 18.2 Å². The number of anilines is 2. The molecule has 0 amide bonds. The molecule has 0 bridgehead atoms. The summed E-state index contributed by atoms with van der Waals surface area (Å²) < 4.78 is 4.70. The van der Waals surface area contributed by atoms with E-state index >= 15 is 0 Å². The van der Waals surface area contributed by atoms with E-state index in [0.717, 1.165) is 24.1 Å². The SMILES string of the molecule is COC(=O)c1cc(NC2CC(O)C2)cc(C)c1N. The van der Waals surface area contributed by atoms with Crippen molar-refractivity contribution in [2.45, 2.75) is 31.9 Å². The molecule has 1 fully saturated rings. The monoisotopic (exact) mass is 250 g/mol. The lowest BCUT2D eigenvalue weighted by atomic mass is 9.89. The van der Waals surface area contributed by atoms with Gasteiger partial charge in [0.1, 0.15) is 0 Å². The molecule has 1 aliphatic rings. The molecule has 0 radical (unpaired) electrons. The minimum absolute atomic E-state index is 0.211. The highest BCUT2D eigenvalue weighted by Gasteiger charge is 2.27. The molecule has 1 aromatic rings. The molecular weight excluding hydrogens is 232 g/mol. The van der Waals surface area contributed by atoms with Crippen LogP contribution in [0, 0.1) is 6.92 Å². The second-order valence-electron chi connectivity index (χ2n) is 4.71. The van der Waals surface area contributed by atoms with E-state index in [1.165, 1.54) is 7.11 Å². The number of aliphatic hydroxyl groups is 1. The summed E-state index contributed by atoms with van der Waals surface area (Å²) in [6.07, 6.45) is 1.26. The van der Waals surface area contributed by atoms with E-state index in [2.05, 4.69) is 5.32 Å². The van der Waals surface area contributed by atoms with Gasteiger partial charge in [-0.25, -0.2) is 4.79 Å². The number of esters is 1. The number of nitrogens with two attached hydrogens (primary N) is 1. The van der Waals surface area contributed by atoms with Gasteiger partial charge in [-0.05, 0) is 37.5 Å². The van der Waals surface area contributed by atoms with Crippen molar-refractivity contribution < 1.29 is 14.6 Å². The Kier molecular flexibility index (Phi) is 3.43. The number of methoxy groups -OCH3 is 1. The highest BCUT2D eigenvalue weighted by atomic mass is 16.5. The summed E-state index contributed by atoms with van der Waals surface area (Å²) >= 11 is 0. The van der Waals surface area contributed by atoms with Crippen LogP contribution in [0.3, 0.4) is 0 Å². The van der Waals surface area contributed by atoms with E-state index in [1.54, 1.807) is 6.07 Å². The van der Waals surface area contributed by atoms with E-state index in [1.807, 2.05) is 13.0 Å². The second kappa shape index (κ2) is 4.86. The first-order valence-electron chi connectivity index (χ1n) is 5.94. The van der Waals surface area contributed by atoms with E-state index in [4.69, 9.17) is 10.5 Å². The zero-order chi connectivity index (χ0) is 13.3. The number of aliphatic hydroxyl groups excluding tert-OH is 1. The summed E-state index contributed by atoms with van der Waals surface area (Å²) in [6, 6.07) is 3.85. The molecule has 0 spiro atoms. The minimum atomic E-state index is -0.437. The normalized spacial score (nSPS) is 22.2. The van der Waals surface area contributed by atoms with Crippen molar-refractivity contribution in [3.8, 4) is 0 Å². The van der Waals surface area contributed by atoms with Crippen LogP contribution in [0.5, 0.6) is 0 Å². The van der Waals surface area contributed by atoms with Gasteiger partial charge < -0.3 is 20.9 Å².